The summed E-state index contributed by atoms with van der Waals surface area (Å²) in [6.07, 6.45) is 9.31. The van der Waals surface area contributed by atoms with Gasteiger partial charge in [0.25, 0.3) is 5.91 Å². The van der Waals surface area contributed by atoms with Crippen LogP contribution in [0.25, 0.3) is 22.4 Å². The van der Waals surface area contributed by atoms with Crippen molar-refractivity contribution in [2.45, 2.75) is 56.5 Å². The number of imide groups is 1. The quantitative estimate of drug-likeness (QED) is 0.214. The normalized spacial score (nSPS) is 22.7. The van der Waals surface area contributed by atoms with Gasteiger partial charge in [-0.15, -0.1) is 0 Å². The molecule has 6 heterocycles. The second kappa shape index (κ2) is 14.9. The summed E-state index contributed by atoms with van der Waals surface area (Å²) in [5, 5.41) is 15.3. The molecule has 0 radical (unpaired) electrons. The van der Waals surface area contributed by atoms with E-state index < -0.39 is 29.4 Å². The summed E-state index contributed by atoms with van der Waals surface area (Å²) in [4.78, 5) is 48.8. The number of nitrogens with one attached hydrogen (secondary N) is 2. The third-order valence-electron chi connectivity index (χ3n) is 12.0. The number of ether oxygens (including phenoxy) is 1. The molecule has 56 heavy (non-hydrogen) atoms. The zero-order valence-electron chi connectivity index (χ0n) is 31.2. The predicted molar refractivity (Wildman–Crippen MR) is 203 cm³/mol. The molecular formula is C40H44F2N10O4. The number of benzene rings is 2. The Kier molecular flexibility index (Phi) is 9.61. The van der Waals surface area contributed by atoms with E-state index in [2.05, 4.69) is 30.5 Å². The van der Waals surface area contributed by atoms with Gasteiger partial charge in [0, 0.05) is 105 Å². The number of nitrogens with zero attached hydrogens (tertiary/aromatic N) is 8. The average molecular weight is 767 g/mol. The van der Waals surface area contributed by atoms with Crippen LogP contribution in [0.1, 0.15) is 60.4 Å². The van der Waals surface area contributed by atoms with Crippen molar-refractivity contribution in [2.24, 2.45) is 5.92 Å². The maximum absolute atomic E-state index is 15.1. The fraction of sp³-hybridized carbons (Fsp3) is 0.450. The molecule has 4 fully saturated rings. The molecule has 16 heteroatoms. The highest BCUT2D eigenvalue weighted by Crippen LogP contribution is 2.35. The van der Waals surface area contributed by atoms with Crippen LogP contribution in [0.4, 0.5) is 14.5 Å². The van der Waals surface area contributed by atoms with Crippen LogP contribution < -0.4 is 20.3 Å². The van der Waals surface area contributed by atoms with E-state index in [1.54, 1.807) is 34.8 Å². The lowest BCUT2D eigenvalue weighted by Gasteiger charge is -2.46. The zero-order valence-corrected chi connectivity index (χ0v) is 31.2. The molecule has 14 nitrogen and oxygen atoms in total. The number of hydrogen-bond donors (Lipinski definition) is 2. The fourth-order valence-electron chi connectivity index (χ4n) is 8.97. The Morgan fingerprint density at radius 2 is 1.77 bits per heavy atom. The summed E-state index contributed by atoms with van der Waals surface area (Å²) in [5.74, 6) is -2.13. The lowest BCUT2D eigenvalue weighted by atomic mass is 9.89. The van der Waals surface area contributed by atoms with E-state index in [0.717, 1.165) is 76.9 Å². The number of carbonyl (C=O) groups excluding carboxylic acids is 3. The number of amides is 3. The van der Waals surface area contributed by atoms with Crippen LogP contribution in [-0.2, 0) is 9.59 Å². The largest absolute Gasteiger partial charge is 0.496 e. The van der Waals surface area contributed by atoms with Crippen molar-refractivity contribution in [3.8, 4) is 11.6 Å². The smallest absolute Gasteiger partial charge is 0.255 e. The first kappa shape index (κ1) is 36.2. The summed E-state index contributed by atoms with van der Waals surface area (Å²) in [7, 11) is 1.56. The molecule has 2 N–H and O–H groups in total. The molecule has 3 aromatic heterocycles. The Labute approximate surface area is 321 Å². The maximum Gasteiger partial charge on any atom is 0.255 e. The number of imidazole rings is 1. The van der Waals surface area contributed by atoms with Gasteiger partial charge in [-0.3, -0.25) is 24.6 Å². The SMILES string of the molecule is COc1cc2nn(-c3cnc4cccnn34)cc2cc1C(=O)NC1CCC(N2CCN(CC3CN(c4cc(F)c([C@H]5CCC(=O)NC5=O)c(F)c4)C3)CC2)CC1. The molecule has 0 unspecified atom stereocenters. The standard InChI is InChI=1S/C40H44F2N10O4/c1-56-34-18-33-25(23-51(47-33)37-19-43-35-3-2-10-44-52(35)37)15-30(34)40(55)45-26-4-6-27(7-5-26)49-13-11-48(12-14-49)20-24-21-50(22-24)28-16-31(41)38(32(42)17-28)29-8-9-36(53)46-39(29)54/h2-3,10,15-19,23-24,26-27,29H,4-9,11-14,20-22H2,1H3,(H,45,55)(H,46,53,54)/t26?,27?,29-/m1/s1. The molecule has 292 valence electrons. The van der Waals surface area contributed by atoms with Crippen molar-refractivity contribution in [1.29, 1.82) is 0 Å². The molecule has 1 atom stereocenters. The number of methoxy groups -OCH3 is 1. The van der Waals surface area contributed by atoms with Crippen LogP contribution in [0.15, 0.2) is 55.0 Å². The van der Waals surface area contributed by atoms with Crippen LogP contribution >= 0.6 is 0 Å². The van der Waals surface area contributed by atoms with Gasteiger partial charge in [-0.2, -0.15) is 14.7 Å². The van der Waals surface area contributed by atoms with Gasteiger partial charge in [0.05, 0.1) is 30.3 Å². The Bertz CT molecular complexity index is 2280. The summed E-state index contributed by atoms with van der Waals surface area (Å²) in [6, 6.07) is 10.5. The molecule has 3 aliphatic heterocycles. The van der Waals surface area contributed by atoms with Gasteiger partial charge in [0.1, 0.15) is 17.4 Å². The van der Waals surface area contributed by atoms with Crippen molar-refractivity contribution in [1.82, 2.24) is 44.8 Å². The molecule has 3 amide bonds. The number of anilines is 1. The minimum atomic E-state index is -0.996. The molecular weight excluding hydrogens is 723 g/mol. The van der Waals surface area contributed by atoms with E-state index in [0.29, 0.717) is 45.9 Å². The van der Waals surface area contributed by atoms with Gasteiger partial charge in [-0.05, 0) is 62.4 Å². The summed E-state index contributed by atoms with van der Waals surface area (Å²) < 4.78 is 39.2. The number of aromatic nitrogens is 5. The monoisotopic (exact) mass is 766 g/mol. The third-order valence-corrected chi connectivity index (χ3v) is 12.0. The topological polar surface area (TPSA) is 142 Å². The number of hydrogen-bond acceptors (Lipinski definition) is 10. The van der Waals surface area contributed by atoms with Gasteiger partial charge < -0.3 is 19.9 Å². The number of fused-ring (bicyclic) bond motifs is 2. The number of carbonyl (C=O) groups is 3. The third kappa shape index (κ3) is 6.95. The average Bonchev–Trinajstić information content (AvgIpc) is 3.80. The first-order valence-corrected chi connectivity index (χ1v) is 19.4. The summed E-state index contributed by atoms with van der Waals surface area (Å²) in [5.41, 5.74) is 2.11. The van der Waals surface area contributed by atoms with Gasteiger partial charge in [0.15, 0.2) is 11.5 Å². The van der Waals surface area contributed by atoms with Crippen LogP contribution in [0, 0.1) is 17.6 Å². The molecule has 1 saturated carbocycles. The maximum atomic E-state index is 15.1. The lowest BCUT2D eigenvalue weighted by Crippen LogP contribution is -2.56. The van der Waals surface area contributed by atoms with Crippen LogP contribution in [0.5, 0.6) is 5.75 Å². The highest BCUT2D eigenvalue weighted by molar-refractivity contribution is 6.01. The Hall–Kier alpha value is -5.48. The van der Waals surface area contributed by atoms with Gasteiger partial charge in [-0.1, -0.05) is 0 Å². The molecule has 0 spiro atoms. The van der Waals surface area contributed by atoms with Crippen LogP contribution in [0.3, 0.4) is 0 Å². The molecule has 5 aromatic rings. The van der Waals surface area contributed by atoms with E-state index in [-0.39, 0.29) is 30.4 Å². The van der Waals surface area contributed by atoms with Crippen molar-refractivity contribution in [2.75, 3.05) is 57.8 Å². The highest BCUT2D eigenvalue weighted by atomic mass is 19.1. The summed E-state index contributed by atoms with van der Waals surface area (Å²) in [6.45, 7) is 6.32. The first-order chi connectivity index (χ1) is 27.2. The lowest BCUT2D eigenvalue weighted by molar-refractivity contribution is -0.134. The molecule has 4 aliphatic rings. The van der Waals surface area contributed by atoms with E-state index in [1.807, 2.05) is 29.3 Å². The van der Waals surface area contributed by atoms with E-state index >= 15 is 8.78 Å². The second-order valence-corrected chi connectivity index (χ2v) is 15.5. The van der Waals surface area contributed by atoms with Crippen molar-refractivity contribution >= 4 is 40.0 Å². The molecule has 2 aromatic carbocycles. The Balaban J connectivity index is 0.733. The summed E-state index contributed by atoms with van der Waals surface area (Å²) >= 11 is 0. The molecule has 1 aliphatic carbocycles. The predicted octanol–water partition coefficient (Wildman–Crippen LogP) is 3.67. The minimum Gasteiger partial charge on any atom is -0.496 e. The number of piperazine rings is 1. The van der Waals surface area contributed by atoms with E-state index in [4.69, 9.17) is 9.84 Å². The Morgan fingerprint density at radius 3 is 2.50 bits per heavy atom. The van der Waals surface area contributed by atoms with Gasteiger partial charge in [-0.25, -0.2) is 18.4 Å². The molecule has 9 rings (SSSR count). The second-order valence-electron chi connectivity index (χ2n) is 15.5. The van der Waals surface area contributed by atoms with Crippen molar-refractivity contribution in [3.05, 3.63) is 77.8 Å². The Morgan fingerprint density at radius 1 is 1.00 bits per heavy atom. The highest BCUT2D eigenvalue weighted by Gasteiger charge is 2.36. The first-order valence-electron chi connectivity index (χ1n) is 19.4. The van der Waals surface area contributed by atoms with Crippen LogP contribution in [-0.4, -0.2) is 117 Å². The molecule has 0 bridgehead atoms. The fourth-order valence-corrected chi connectivity index (χ4v) is 8.97. The van der Waals surface area contributed by atoms with Gasteiger partial charge >= 0.3 is 0 Å². The van der Waals surface area contributed by atoms with E-state index in [9.17, 15) is 14.4 Å². The van der Waals surface area contributed by atoms with Crippen molar-refractivity contribution < 1.29 is 27.9 Å². The van der Waals surface area contributed by atoms with E-state index in [1.165, 1.54) is 12.1 Å². The van der Waals surface area contributed by atoms with Crippen LogP contribution in [0.2, 0.25) is 0 Å². The number of piperidine rings is 1. The molecule has 3 saturated heterocycles. The zero-order chi connectivity index (χ0) is 38.5. The number of halogens is 2. The van der Waals surface area contributed by atoms with Crippen molar-refractivity contribution in [3.63, 3.8) is 0 Å². The van der Waals surface area contributed by atoms with Gasteiger partial charge in [0.2, 0.25) is 11.8 Å². The minimum absolute atomic E-state index is 0.0652. The number of rotatable bonds is 9.